The zero-order valence-corrected chi connectivity index (χ0v) is 42.9. The molecule has 4 aromatic heterocycles. The lowest BCUT2D eigenvalue weighted by Gasteiger charge is -2.36. The van der Waals surface area contributed by atoms with Crippen LogP contribution in [0.2, 0.25) is 0 Å². The van der Waals surface area contributed by atoms with Gasteiger partial charge in [-0.15, -0.1) is 0 Å². The van der Waals surface area contributed by atoms with E-state index >= 15 is 0 Å². The number of benzene rings is 12. The highest BCUT2D eigenvalue weighted by molar-refractivity contribution is 7.20. The number of H-pyrrole nitrogens is 4. The summed E-state index contributed by atoms with van der Waals surface area (Å²) in [6, 6.07) is 99.8. The average molecular weight is 997 g/mol. The minimum absolute atomic E-state index is 1.13. The van der Waals surface area contributed by atoms with Gasteiger partial charge in [-0.3, -0.25) is 0 Å². The number of hydrogen-bond donors (Lipinski definition) is 4. The van der Waals surface area contributed by atoms with Crippen molar-refractivity contribution in [1.82, 2.24) is 19.9 Å². The lowest BCUT2D eigenvalue weighted by Crippen LogP contribution is -2.74. The number of hydrogen-bond acceptors (Lipinski definition) is 0. The van der Waals surface area contributed by atoms with E-state index in [0.717, 1.165) is 66.4 Å². The highest BCUT2D eigenvalue weighted by atomic mass is 28.3. The van der Waals surface area contributed by atoms with E-state index in [4.69, 9.17) is 0 Å². The maximum absolute atomic E-state index is 3.90. The second kappa shape index (κ2) is 17.0. The van der Waals surface area contributed by atoms with Gasteiger partial charge in [-0.25, -0.2) is 0 Å². The van der Waals surface area contributed by atoms with Crippen molar-refractivity contribution in [1.29, 1.82) is 0 Å². The lowest BCUT2D eigenvalue weighted by molar-refractivity contribution is 1.52. The molecule has 5 heteroatoms. The molecule has 0 amide bonds. The Morgan fingerprint density at radius 2 is 0.442 bits per heavy atom. The Hall–Kier alpha value is -9.94. The van der Waals surface area contributed by atoms with Crippen LogP contribution in [-0.2, 0) is 0 Å². The van der Waals surface area contributed by atoms with Crippen molar-refractivity contribution in [3.63, 3.8) is 0 Å². The molecule has 0 fully saturated rings. The summed E-state index contributed by atoms with van der Waals surface area (Å²) in [4.78, 5) is 15.6. The third-order valence-electron chi connectivity index (χ3n) is 16.6. The number of para-hydroxylation sites is 8. The zero-order chi connectivity index (χ0) is 50.6. The van der Waals surface area contributed by atoms with Crippen LogP contribution < -0.4 is 20.7 Å². The summed E-state index contributed by atoms with van der Waals surface area (Å²) < 4.78 is 0. The summed E-state index contributed by atoms with van der Waals surface area (Å²) in [6.45, 7) is 0. The van der Waals surface area contributed by atoms with Gasteiger partial charge in [-0.2, -0.15) is 0 Å². The molecular formula is C72H48N4Si. The molecular weight excluding hydrogens is 949 g/mol. The third-order valence-corrected chi connectivity index (χ3v) is 21.3. The molecule has 16 rings (SSSR count). The normalized spacial score (nSPS) is 12.2. The lowest BCUT2D eigenvalue weighted by atomic mass is 9.96. The molecule has 0 saturated carbocycles. The average Bonchev–Trinajstić information content (AvgIpc) is 4.40. The topological polar surface area (TPSA) is 63.2 Å². The Balaban J connectivity index is 1.06. The fourth-order valence-electron chi connectivity index (χ4n) is 13.1. The maximum Gasteiger partial charge on any atom is 0.179 e. The molecule has 360 valence electrons. The van der Waals surface area contributed by atoms with Crippen LogP contribution in [0.3, 0.4) is 0 Å². The van der Waals surface area contributed by atoms with E-state index in [-0.39, 0.29) is 0 Å². The van der Waals surface area contributed by atoms with Crippen LogP contribution in [0.4, 0.5) is 0 Å². The van der Waals surface area contributed by atoms with Crippen molar-refractivity contribution in [2.45, 2.75) is 0 Å². The Morgan fingerprint density at radius 1 is 0.195 bits per heavy atom. The molecule has 0 atom stereocenters. The van der Waals surface area contributed by atoms with Crippen molar-refractivity contribution in [2.75, 3.05) is 0 Å². The van der Waals surface area contributed by atoms with Gasteiger partial charge in [0.25, 0.3) is 0 Å². The third kappa shape index (κ3) is 6.64. The molecule has 0 aliphatic carbocycles. The number of rotatable bonds is 8. The first-order chi connectivity index (χ1) is 38.2. The molecule has 77 heavy (non-hydrogen) atoms. The Bertz CT molecular complexity index is 4420. The zero-order valence-electron chi connectivity index (χ0n) is 41.9. The van der Waals surface area contributed by atoms with Gasteiger partial charge in [0.15, 0.2) is 8.07 Å². The van der Waals surface area contributed by atoms with Crippen molar-refractivity contribution in [2.24, 2.45) is 0 Å². The smallest absolute Gasteiger partial charge is 0.179 e. The molecule has 4 nitrogen and oxygen atoms in total. The molecule has 0 saturated heterocycles. The van der Waals surface area contributed by atoms with E-state index in [9.17, 15) is 0 Å². The van der Waals surface area contributed by atoms with Crippen LogP contribution in [0.5, 0.6) is 0 Å². The van der Waals surface area contributed by atoms with Gasteiger partial charge in [0, 0.05) is 87.4 Å². The van der Waals surface area contributed by atoms with Gasteiger partial charge in [0.05, 0.1) is 22.1 Å². The van der Waals surface area contributed by atoms with Gasteiger partial charge in [0.2, 0.25) is 0 Å². The quantitative estimate of drug-likeness (QED) is 0.0866. The molecule has 0 bridgehead atoms. The van der Waals surface area contributed by atoms with E-state index in [2.05, 4.69) is 287 Å². The van der Waals surface area contributed by atoms with E-state index in [0.29, 0.717) is 0 Å². The van der Waals surface area contributed by atoms with Crippen LogP contribution in [0.15, 0.2) is 267 Å². The summed E-state index contributed by atoms with van der Waals surface area (Å²) in [6.07, 6.45) is 0. The Labute approximate surface area is 445 Å². The fourth-order valence-corrected chi connectivity index (χ4v) is 18.0. The predicted octanol–water partition coefficient (Wildman–Crippen LogP) is 16.3. The summed E-state index contributed by atoms with van der Waals surface area (Å²) in [5.41, 5.74) is 18.4. The minimum atomic E-state index is -3.40. The van der Waals surface area contributed by atoms with E-state index in [1.165, 1.54) is 86.1 Å². The van der Waals surface area contributed by atoms with Gasteiger partial charge in [0.1, 0.15) is 0 Å². The Kier molecular flexibility index (Phi) is 9.62. The first-order valence-electron chi connectivity index (χ1n) is 26.6. The van der Waals surface area contributed by atoms with E-state index < -0.39 is 8.07 Å². The molecule has 0 unspecified atom stereocenters. The van der Waals surface area contributed by atoms with E-state index in [1.54, 1.807) is 0 Å². The summed E-state index contributed by atoms with van der Waals surface area (Å²) >= 11 is 0. The molecule has 4 N–H and O–H groups in total. The second-order valence-electron chi connectivity index (χ2n) is 20.7. The first-order valence-corrected chi connectivity index (χ1v) is 28.6. The SMILES string of the molecule is c1ccc([Si](c2ccccc2)(c2cc(-c3cccc4c3[nH]c3ccccc34)cc(-c3cccc4c3[nH]c3ccccc34)c2)c2cc(-c3cccc4c3[nH]c3ccccc34)cc(-c3cccc4c3[nH]c3ccccc34)c2)cc1. The highest BCUT2D eigenvalue weighted by Gasteiger charge is 2.43. The standard InChI is InChI=1S/C72H48N4Si/c1-3-19-49(20-4-1)77(50-21-5-2-6-22-50,51-41-45(53-27-15-31-61-57-23-7-11-35-65(57)73-69(53)61)39-46(42-51)54-28-16-32-62-58-24-8-12-36-66(58)74-70(54)62)52-43-47(55-29-17-33-63-59-25-9-13-37-67(59)75-71(55)63)40-48(44-52)56-30-18-34-64-60-26-10-14-38-68(60)76-72(56)64/h1-44,73-76H. The van der Waals surface area contributed by atoms with Gasteiger partial charge in [-0.05, 0) is 79.4 Å². The van der Waals surface area contributed by atoms with Crippen LogP contribution in [0, 0.1) is 0 Å². The number of aromatic nitrogens is 4. The molecule has 0 spiro atoms. The molecule has 0 aliphatic rings. The van der Waals surface area contributed by atoms with E-state index in [1.807, 2.05) is 0 Å². The summed E-state index contributed by atoms with van der Waals surface area (Å²) in [5, 5.41) is 14.9. The molecule has 16 aromatic rings. The molecule has 0 radical (unpaired) electrons. The number of aromatic amines is 4. The van der Waals surface area contributed by atoms with Gasteiger partial charge in [-0.1, -0.05) is 231 Å². The van der Waals surface area contributed by atoms with Gasteiger partial charge >= 0.3 is 0 Å². The van der Waals surface area contributed by atoms with Crippen LogP contribution >= 0.6 is 0 Å². The summed E-state index contributed by atoms with van der Waals surface area (Å²) in [7, 11) is -3.40. The largest absolute Gasteiger partial charge is 0.354 e. The fraction of sp³-hybridized carbons (Fsp3) is 0. The molecule has 12 aromatic carbocycles. The number of nitrogens with one attached hydrogen (secondary N) is 4. The number of fused-ring (bicyclic) bond motifs is 12. The van der Waals surface area contributed by atoms with Crippen molar-refractivity contribution in [3.8, 4) is 44.5 Å². The summed E-state index contributed by atoms with van der Waals surface area (Å²) in [5.74, 6) is 0. The second-order valence-corrected chi connectivity index (χ2v) is 24.5. The Morgan fingerprint density at radius 3 is 0.727 bits per heavy atom. The predicted molar refractivity (Wildman–Crippen MR) is 329 cm³/mol. The minimum Gasteiger partial charge on any atom is -0.354 e. The van der Waals surface area contributed by atoms with Crippen molar-refractivity contribution < 1.29 is 0 Å². The highest BCUT2D eigenvalue weighted by Crippen LogP contribution is 2.41. The van der Waals surface area contributed by atoms with Crippen LogP contribution in [0.25, 0.3) is 132 Å². The molecule has 0 aliphatic heterocycles. The molecule has 4 heterocycles. The van der Waals surface area contributed by atoms with Gasteiger partial charge < -0.3 is 19.9 Å². The first kappa shape index (κ1) is 43.5. The van der Waals surface area contributed by atoms with Crippen molar-refractivity contribution in [3.05, 3.63) is 267 Å². The monoisotopic (exact) mass is 996 g/mol. The van der Waals surface area contributed by atoms with Crippen LogP contribution in [-0.4, -0.2) is 28.0 Å². The maximum atomic E-state index is 3.90. The van der Waals surface area contributed by atoms with Crippen molar-refractivity contribution >= 4 is 116 Å². The van der Waals surface area contributed by atoms with Crippen LogP contribution in [0.1, 0.15) is 0 Å².